The van der Waals surface area contributed by atoms with E-state index in [2.05, 4.69) is 4.74 Å². The van der Waals surface area contributed by atoms with Crippen molar-refractivity contribution in [3.63, 3.8) is 0 Å². The van der Waals surface area contributed by atoms with Crippen LogP contribution in [0.2, 0.25) is 5.02 Å². The second kappa shape index (κ2) is 6.21. The average Bonchev–Trinajstić information content (AvgIpc) is 2.33. The molecule has 0 aromatic heterocycles. The molecule has 0 unspecified atom stereocenters. The van der Waals surface area contributed by atoms with Gasteiger partial charge >= 0.3 is 12.1 Å². The summed E-state index contributed by atoms with van der Waals surface area (Å²) in [7, 11) is 2.58. The van der Waals surface area contributed by atoms with Crippen molar-refractivity contribution < 1.29 is 22.7 Å². The maximum absolute atomic E-state index is 12.3. The summed E-state index contributed by atoms with van der Waals surface area (Å²) in [6.45, 7) is -0.336. The van der Waals surface area contributed by atoms with E-state index in [9.17, 15) is 18.0 Å². The molecule has 0 atom stereocenters. The third kappa shape index (κ3) is 4.19. The zero-order chi connectivity index (χ0) is 15.5. The Bertz CT molecular complexity index is 506. The number of ether oxygens (including phenoxy) is 1. The van der Waals surface area contributed by atoms with Gasteiger partial charge in [0.25, 0.3) is 0 Å². The van der Waals surface area contributed by atoms with Gasteiger partial charge in [0.2, 0.25) is 0 Å². The summed E-state index contributed by atoms with van der Waals surface area (Å²) in [4.78, 5) is 12.9. The van der Waals surface area contributed by atoms with E-state index >= 15 is 0 Å². The number of hydrogen-bond acceptors (Lipinski definition) is 4. The highest BCUT2D eigenvalue weighted by Gasteiger charge is 2.28. The SMILES string of the molecule is COC(=O)c1cc(N)cc(Cl)c1N(C)CCC(F)(F)F. The van der Waals surface area contributed by atoms with Crippen molar-refractivity contribution in [3.8, 4) is 0 Å². The summed E-state index contributed by atoms with van der Waals surface area (Å²) >= 11 is 5.97. The van der Waals surface area contributed by atoms with Crippen LogP contribution < -0.4 is 10.6 Å². The first-order chi connectivity index (χ1) is 9.15. The molecule has 0 amide bonds. The first kappa shape index (κ1) is 16.4. The molecular weight excluding hydrogens is 297 g/mol. The van der Waals surface area contributed by atoms with Gasteiger partial charge in [-0.1, -0.05) is 11.6 Å². The predicted octanol–water partition coefficient (Wildman–Crippen LogP) is 3.10. The standard InChI is InChI=1S/C12H14ClF3N2O2/c1-18(4-3-12(14,15)16)10-8(11(19)20-2)5-7(17)6-9(10)13/h5-6H,3-4,17H2,1-2H3. The minimum atomic E-state index is -4.29. The molecule has 8 heteroatoms. The highest BCUT2D eigenvalue weighted by atomic mass is 35.5. The van der Waals surface area contributed by atoms with E-state index < -0.39 is 18.6 Å². The van der Waals surface area contributed by atoms with Crippen LogP contribution in [0, 0.1) is 0 Å². The van der Waals surface area contributed by atoms with Gasteiger partial charge in [-0.15, -0.1) is 0 Å². The van der Waals surface area contributed by atoms with Crippen LogP contribution in [0.3, 0.4) is 0 Å². The topological polar surface area (TPSA) is 55.6 Å². The van der Waals surface area contributed by atoms with Gasteiger partial charge < -0.3 is 15.4 Å². The summed E-state index contributed by atoms with van der Waals surface area (Å²) < 4.78 is 41.3. The van der Waals surface area contributed by atoms with E-state index in [0.29, 0.717) is 0 Å². The Balaban J connectivity index is 3.12. The fraction of sp³-hybridized carbons (Fsp3) is 0.417. The van der Waals surface area contributed by atoms with E-state index in [1.165, 1.54) is 31.2 Å². The second-order valence-corrected chi connectivity index (χ2v) is 4.58. The number of nitrogen functional groups attached to an aromatic ring is 1. The maximum Gasteiger partial charge on any atom is 0.390 e. The Morgan fingerprint density at radius 3 is 2.55 bits per heavy atom. The molecule has 0 saturated heterocycles. The molecule has 0 saturated carbocycles. The Labute approximate surface area is 119 Å². The minimum Gasteiger partial charge on any atom is -0.465 e. The van der Waals surface area contributed by atoms with E-state index in [-0.39, 0.29) is 28.5 Å². The monoisotopic (exact) mass is 310 g/mol. The molecule has 1 rings (SSSR count). The molecular formula is C12H14ClF3N2O2. The summed E-state index contributed by atoms with van der Waals surface area (Å²) in [6.07, 6.45) is -5.31. The zero-order valence-electron chi connectivity index (χ0n) is 10.9. The van der Waals surface area contributed by atoms with Crippen LogP contribution in [0.5, 0.6) is 0 Å². The molecule has 0 aliphatic rings. The molecule has 112 valence electrons. The van der Waals surface area contributed by atoms with Crippen LogP contribution in [0.25, 0.3) is 0 Å². The van der Waals surface area contributed by atoms with Gasteiger partial charge in [-0.3, -0.25) is 0 Å². The van der Waals surface area contributed by atoms with Crippen LogP contribution in [0.15, 0.2) is 12.1 Å². The number of nitrogens with two attached hydrogens (primary N) is 1. The van der Waals surface area contributed by atoms with Crippen LogP contribution >= 0.6 is 11.6 Å². The molecule has 2 N–H and O–H groups in total. The molecule has 0 radical (unpaired) electrons. The number of carbonyl (C=O) groups is 1. The largest absolute Gasteiger partial charge is 0.465 e. The molecule has 0 aliphatic heterocycles. The highest BCUT2D eigenvalue weighted by Crippen LogP contribution is 2.33. The summed E-state index contributed by atoms with van der Waals surface area (Å²) in [5, 5.41) is 0.0927. The molecule has 0 spiro atoms. The first-order valence-corrected chi connectivity index (χ1v) is 5.98. The summed E-state index contributed by atoms with van der Waals surface area (Å²) in [5.74, 6) is -0.715. The number of rotatable bonds is 4. The molecule has 0 aliphatic carbocycles. The molecule has 0 fully saturated rings. The summed E-state index contributed by atoms with van der Waals surface area (Å²) in [6, 6.07) is 2.69. The Kier molecular flexibility index (Phi) is 5.10. The van der Waals surface area contributed by atoms with Gasteiger partial charge in [0.1, 0.15) is 0 Å². The minimum absolute atomic E-state index is 0.0298. The molecule has 1 aromatic rings. The Hall–Kier alpha value is -1.63. The maximum atomic E-state index is 12.3. The first-order valence-electron chi connectivity index (χ1n) is 5.61. The van der Waals surface area contributed by atoms with Crippen molar-refractivity contribution in [3.05, 3.63) is 22.7 Å². The normalized spacial score (nSPS) is 11.3. The van der Waals surface area contributed by atoms with Crippen LogP contribution in [0.1, 0.15) is 16.8 Å². The van der Waals surface area contributed by atoms with Crippen LogP contribution in [0.4, 0.5) is 24.5 Å². The fourth-order valence-corrected chi connectivity index (χ4v) is 2.05. The smallest absolute Gasteiger partial charge is 0.390 e. The quantitative estimate of drug-likeness (QED) is 0.686. The van der Waals surface area contributed by atoms with Crippen LogP contribution in [-0.2, 0) is 4.74 Å². The van der Waals surface area contributed by atoms with Crippen molar-refractivity contribution >= 4 is 28.9 Å². The number of benzene rings is 1. The van der Waals surface area contributed by atoms with Gasteiger partial charge in [-0.2, -0.15) is 13.2 Å². The molecule has 1 aromatic carbocycles. The lowest BCUT2D eigenvalue weighted by molar-refractivity contribution is -0.132. The number of carbonyl (C=O) groups excluding carboxylic acids is 1. The number of hydrogen-bond donors (Lipinski definition) is 1. The number of esters is 1. The lowest BCUT2D eigenvalue weighted by Crippen LogP contribution is -2.26. The number of alkyl halides is 3. The molecule has 20 heavy (non-hydrogen) atoms. The third-order valence-corrected chi connectivity index (χ3v) is 2.89. The van der Waals surface area contributed by atoms with E-state index in [1.54, 1.807) is 0 Å². The van der Waals surface area contributed by atoms with E-state index in [4.69, 9.17) is 17.3 Å². The van der Waals surface area contributed by atoms with Crippen LogP contribution in [-0.4, -0.2) is 32.8 Å². The molecule has 4 nitrogen and oxygen atoms in total. The average molecular weight is 311 g/mol. The van der Waals surface area contributed by atoms with Crippen molar-refractivity contribution in [2.75, 3.05) is 31.3 Å². The van der Waals surface area contributed by atoms with Crippen molar-refractivity contribution in [2.24, 2.45) is 0 Å². The fourth-order valence-electron chi connectivity index (χ4n) is 1.68. The lowest BCUT2D eigenvalue weighted by Gasteiger charge is -2.24. The summed E-state index contributed by atoms with van der Waals surface area (Å²) in [5.41, 5.74) is 5.99. The number of anilines is 2. The van der Waals surface area contributed by atoms with Gasteiger partial charge in [0.05, 0.1) is 29.8 Å². The molecule has 0 heterocycles. The van der Waals surface area contributed by atoms with Gasteiger partial charge in [-0.05, 0) is 12.1 Å². The van der Waals surface area contributed by atoms with Gasteiger partial charge in [0.15, 0.2) is 0 Å². The van der Waals surface area contributed by atoms with Gasteiger partial charge in [0, 0.05) is 19.3 Å². The highest BCUT2D eigenvalue weighted by molar-refractivity contribution is 6.34. The zero-order valence-corrected chi connectivity index (χ0v) is 11.7. The lowest BCUT2D eigenvalue weighted by atomic mass is 10.1. The van der Waals surface area contributed by atoms with E-state index in [1.807, 2.05) is 0 Å². The second-order valence-electron chi connectivity index (χ2n) is 4.18. The molecule has 0 bridgehead atoms. The number of nitrogens with zero attached hydrogens (tertiary/aromatic N) is 1. The number of methoxy groups -OCH3 is 1. The van der Waals surface area contributed by atoms with Crippen molar-refractivity contribution in [2.45, 2.75) is 12.6 Å². The third-order valence-electron chi connectivity index (χ3n) is 2.60. The Morgan fingerprint density at radius 2 is 2.05 bits per heavy atom. The van der Waals surface area contributed by atoms with E-state index in [0.717, 1.165) is 0 Å². The van der Waals surface area contributed by atoms with Crippen molar-refractivity contribution in [1.29, 1.82) is 0 Å². The van der Waals surface area contributed by atoms with Gasteiger partial charge in [-0.25, -0.2) is 4.79 Å². The van der Waals surface area contributed by atoms with Crippen molar-refractivity contribution in [1.82, 2.24) is 0 Å². The predicted molar refractivity (Wildman–Crippen MR) is 71.1 cm³/mol. The number of halogens is 4. The Morgan fingerprint density at radius 1 is 1.45 bits per heavy atom.